The first kappa shape index (κ1) is 12.6. The molecule has 1 aromatic rings. The number of anilines is 1. The summed E-state index contributed by atoms with van der Waals surface area (Å²) in [6.07, 6.45) is 0. The lowest BCUT2D eigenvalue weighted by atomic mass is 10.2. The standard InChI is InChI=1S/C9H13N3O3S/c1-9(2,3)15-7(14)5(13)6-11-8(10-4)16-12-6/h1-4H3,(H,10,11,12). The van der Waals surface area contributed by atoms with Gasteiger partial charge in [-0.1, -0.05) is 0 Å². The van der Waals surface area contributed by atoms with Crippen LogP contribution in [0.1, 0.15) is 31.4 Å². The molecule has 88 valence electrons. The molecule has 1 rings (SSSR count). The number of hydrogen-bond acceptors (Lipinski definition) is 7. The lowest BCUT2D eigenvalue weighted by Gasteiger charge is -2.18. The first-order chi connectivity index (χ1) is 7.33. The molecule has 1 aromatic heterocycles. The van der Waals surface area contributed by atoms with E-state index in [2.05, 4.69) is 14.7 Å². The van der Waals surface area contributed by atoms with Gasteiger partial charge in [0, 0.05) is 18.6 Å². The molecule has 0 bridgehead atoms. The molecule has 0 radical (unpaired) electrons. The number of rotatable bonds is 3. The zero-order valence-electron chi connectivity index (χ0n) is 9.53. The van der Waals surface area contributed by atoms with E-state index in [0.29, 0.717) is 5.13 Å². The van der Waals surface area contributed by atoms with Gasteiger partial charge >= 0.3 is 11.8 Å². The number of Topliss-reactive ketones (excluding diaryl/α,β-unsaturated/α-hetero) is 1. The van der Waals surface area contributed by atoms with Crippen LogP contribution in [0.4, 0.5) is 5.13 Å². The largest absolute Gasteiger partial charge is 0.454 e. The van der Waals surface area contributed by atoms with Crippen molar-refractivity contribution in [1.82, 2.24) is 9.36 Å². The number of carbonyl (C=O) groups excluding carboxylic acids is 2. The minimum Gasteiger partial charge on any atom is -0.454 e. The number of ether oxygens (including phenoxy) is 1. The number of ketones is 1. The number of aromatic nitrogens is 2. The zero-order chi connectivity index (χ0) is 12.3. The average Bonchev–Trinajstić information content (AvgIpc) is 2.61. The van der Waals surface area contributed by atoms with Crippen LogP contribution in [0.25, 0.3) is 0 Å². The summed E-state index contributed by atoms with van der Waals surface area (Å²) in [6, 6.07) is 0. The summed E-state index contributed by atoms with van der Waals surface area (Å²) in [7, 11) is 1.66. The van der Waals surface area contributed by atoms with Gasteiger partial charge in [-0.15, -0.1) is 0 Å². The van der Waals surface area contributed by atoms with Gasteiger partial charge < -0.3 is 10.1 Å². The van der Waals surface area contributed by atoms with E-state index in [1.165, 1.54) is 0 Å². The van der Waals surface area contributed by atoms with E-state index >= 15 is 0 Å². The molecular weight excluding hydrogens is 230 g/mol. The Kier molecular flexibility index (Phi) is 3.58. The first-order valence-electron chi connectivity index (χ1n) is 4.62. The Labute approximate surface area is 97.2 Å². The Morgan fingerprint density at radius 1 is 1.38 bits per heavy atom. The van der Waals surface area contributed by atoms with Crippen molar-refractivity contribution in [2.75, 3.05) is 12.4 Å². The molecule has 0 fully saturated rings. The summed E-state index contributed by atoms with van der Waals surface area (Å²) in [5.74, 6) is -1.90. The first-order valence-corrected chi connectivity index (χ1v) is 5.40. The van der Waals surface area contributed by atoms with Crippen LogP contribution >= 0.6 is 11.5 Å². The predicted molar refractivity (Wildman–Crippen MR) is 59.6 cm³/mol. The number of esters is 1. The highest BCUT2D eigenvalue weighted by molar-refractivity contribution is 7.09. The quantitative estimate of drug-likeness (QED) is 0.486. The topological polar surface area (TPSA) is 81.2 Å². The fourth-order valence-corrected chi connectivity index (χ4v) is 1.35. The number of hydrogen-bond donors (Lipinski definition) is 1. The van der Waals surface area contributed by atoms with Crippen LogP contribution < -0.4 is 5.32 Å². The van der Waals surface area contributed by atoms with Crippen LogP contribution in [-0.4, -0.2) is 33.8 Å². The summed E-state index contributed by atoms with van der Waals surface area (Å²) in [6.45, 7) is 5.06. The maximum Gasteiger partial charge on any atom is 0.383 e. The Bertz CT molecular complexity index is 408. The molecule has 7 heteroatoms. The van der Waals surface area contributed by atoms with Gasteiger partial charge in [-0.25, -0.2) is 4.79 Å². The highest BCUT2D eigenvalue weighted by Crippen LogP contribution is 2.12. The predicted octanol–water partition coefficient (Wildman–Crippen LogP) is 1.10. The Balaban J connectivity index is 2.75. The number of carbonyl (C=O) groups is 2. The molecule has 16 heavy (non-hydrogen) atoms. The third kappa shape index (κ3) is 3.27. The van der Waals surface area contributed by atoms with E-state index in [0.717, 1.165) is 11.5 Å². The number of nitrogens with one attached hydrogen (secondary N) is 1. The lowest BCUT2D eigenvalue weighted by molar-refractivity contribution is -0.148. The third-order valence-electron chi connectivity index (χ3n) is 1.43. The second-order valence-corrected chi connectivity index (χ2v) is 4.76. The van der Waals surface area contributed by atoms with Crippen molar-refractivity contribution >= 4 is 28.4 Å². The van der Waals surface area contributed by atoms with Crippen LogP contribution in [0.15, 0.2) is 0 Å². The molecule has 0 unspecified atom stereocenters. The highest BCUT2D eigenvalue weighted by atomic mass is 32.1. The van der Waals surface area contributed by atoms with E-state index in [4.69, 9.17) is 4.74 Å². The van der Waals surface area contributed by atoms with E-state index in [-0.39, 0.29) is 5.82 Å². The van der Waals surface area contributed by atoms with Crippen molar-refractivity contribution in [3.05, 3.63) is 5.82 Å². The fraction of sp³-hybridized carbons (Fsp3) is 0.556. The second kappa shape index (κ2) is 4.56. The van der Waals surface area contributed by atoms with Gasteiger partial charge in [0.25, 0.3) is 0 Å². The van der Waals surface area contributed by atoms with Crippen LogP contribution in [0.5, 0.6) is 0 Å². The molecule has 0 amide bonds. The Morgan fingerprint density at radius 3 is 2.44 bits per heavy atom. The normalized spacial score (nSPS) is 11.0. The fourth-order valence-electron chi connectivity index (χ4n) is 0.833. The zero-order valence-corrected chi connectivity index (χ0v) is 10.3. The van der Waals surface area contributed by atoms with Crippen molar-refractivity contribution in [3.8, 4) is 0 Å². The monoisotopic (exact) mass is 243 g/mol. The molecule has 0 saturated carbocycles. The molecule has 6 nitrogen and oxygen atoms in total. The van der Waals surface area contributed by atoms with Gasteiger partial charge in [-0.3, -0.25) is 4.79 Å². The van der Waals surface area contributed by atoms with E-state index < -0.39 is 17.4 Å². The Hall–Kier alpha value is -1.50. The molecule has 1 heterocycles. The average molecular weight is 243 g/mol. The van der Waals surface area contributed by atoms with Crippen LogP contribution in [-0.2, 0) is 9.53 Å². The third-order valence-corrected chi connectivity index (χ3v) is 2.16. The van der Waals surface area contributed by atoms with E-state index in [1.54, 1.807) is 27.8 Å². The molecule has 0 atom stereocenters. The molecule has 0 aromatic carbocycles. The highest BCUT2D eigenvalue weighted by Gasteiger charge is 2.27. The van der Waals surface area contributed by atoms with Gasteiger partial charge in [-0.05, 0) is 20.8 Å². The Morgan fingerprint density at radius 2 is 2.00 bits per heavy atom. The lowest BCUT2D eigenvalue weighted by Crippen LogP contribution is -2.29. The van der Waals surface area contributed by atoms with Crippen molar-refractivity contribution < 1.29 is 14.3 Å². The molecule has 0 aliphatic rings. The van der Waals surface area contributed by atoms with E-state index in [1.807, 2.05) is 0 Å². The van der Waals surface area contributed by atoms with Crippen molar-refractivity contribution in [3.63, 3.8) is 0 Å². The van der Waals surface area contributed by atoms with Crippen LogP contribution in [0, 0.1) is 0 Å². The van der Waals surface area contributed by atoms with Crippen molar-refractivity contribution in [2.45, 2.75) is 26.4 Å². The van der Waals surface area contributed by atoms with Crippen molar-refractivity contribution in [2.24, 2.45) is 0 Å². The van der Waals surface area contributed by atoms with Gasteiger partial charge in [0.1, 0.15) is 5.60 Å². The minimum atomic E-state index is -0.937. The van der Waals surface area contributed by atoms with Crippen LogP contribution in [0.3, 0.4) is 0 Å². The number of nitrogens with zero attached hydrogens (tertiary/aromatic N) is 2. The summed E-state index contributed by atoms with van der Waals surface area (Å²) < 4.78 is 8.67. The van der Waals surface area contributed by atoms with Gasteiger partial charge in [0.15, 0.2) is 0 Å². The minimum absolute atomic E-state index is 0.136. The smallest absolute Gasteiger partial charge is 0.383 e. The molecule has 0 saturated heterocycles. The molecule has 0 spiro atoms. The second-order valence-electron chi connectivity index (χ2n) is 4.00. The molecular formula is C9H13N3O3S. The maximum atomic E-state index is 11.5. The van der Waals surface area contributed by atoms with Gasteiger partial charge in [0.05, 0.1) is 0 Å². The molecule has 0 aliphatic heterocycles. The summed E-state index contributed by atoms with van der Waals surface area (Å²) >= 11 is 1.01. The summed E-state index contributed by atoms with van der Waals surface area (Å²) in [5.41, 5.74) is -0.700. The molecule has 1 N–H and O–H groups in total. The van der Waals surface area contributed by atoms with Gasteiger partial charge in [-0.2, -0.15) is 9.36 Å². The van der Waals surface area contributed by atoms with E-state index in [9.17, 15) is 9.59 Å². The molecule has 0 aliphatic carbocycles. The van der Waals surface area contributed by atoms with Crippen LogP contribution in [0.2, 0.25) is 0 Å². The SMILES string of the molecule is CNc1nc(C(=O)C(=O)OC(C)(C)C)ns1. The van der Waals surface area contributed by atoms with Gasteiger partial charge in [0.2, 0.25) is 11.0 Å². The maximum absolute atomic E-state index is 11.5. The summed E-state index contributed by atoms with van der Waals surface area (Å²) in [5, 5.41) is 3.21. The van der Waals surface area contributed by atoms with Crippen molar-refractivity contribution in [1.29, 1.82) is 0 Å². The summed E-state index contributed by atoms with van der Waals surface area (Å²) in [4.78, 5) is 26.7.